The maximum Gasteiger partial charge on any atom is 0.407 e. The number of benzene rings is 1. The minimum absolute atomic E-state index is 0.154. The molecule has 0 fully saturated rings. The highest BCUT2D eigenvalue weighted by Gasteiger charge is 2.16. The van der Waals surface area contributed by atoms with Gasteiger partial charge >= 0.3 is 6.09 Å². The summed E-state index contributed by atoms with van der Waals surface area (Å²) in [6.07, 6.45) is 1.64. The molecule has 1 heterocycles. The van der Waals surface area contributed by atoms with Crippen molar-refractivity contribution in [2.45, 2.75) is 45.9 Å². The predicted molar refractivity (Wildman–Crippen MR) is 88.8 cm³/mol. The van der Waals surface area contributed by atoms with Crippen LogP contribution in [0.3, 0.4) is 0 Å². The number of para-hydroxylation sites is 1. The number of hydrogen-bond donors (Lipinski definition) is 3. The van der Waals surface area contributed by atoms with Crippen LogP contribution in [0.1, 0.15) is 33.3 Å². The third kappa shape index (κ3) is 4.77. The minimum atomic E-state index is -0.467. The van der Waals surface area contributed by atoms with E-state index in [1.54, 1.807) is 0 Å². The Bertz CT molecular complexity index is 628. The molecule has 22 heavy (non-hydrogen) atoms. The number of ether oxygens (including phenoxy) is 1. The van der Waals surface area contributed by atoms with Gasteiger partial charge < -0.3 is 20.4 Å². The normalized spacial score (nSPS) is 13.1. The minimum Gasteiger partial charge on any atom is -0.444 e. The van der Waals surface area contributed by atoms with Crippen LogP contribution in [0.4, 0.5) is 4.79 Å². The zero-order valence-electron chi connectivity index (χ0n) is 13.7. The first kappa shape index (κ1) is 16.4. The smallest absolute Gasteiger partial charge is 0.407 e. The van der Waals surface area contributed by atoms with Crippen molar-refractivity contribution in [3.8, 4) is 0 Å². The Balaban J connectivity index is 1.78. The summed E-state index contributed by atoms with van der Waals surface area (Å²) in [5.74, 6) is 0. The summed E-state index contributed by atoms with van der Waals surface area (Å²) < 4.78 is 5.21. The molecule has 0 saturated heterocycles. The lowest BCUT2D eigenvalue weighted by atomic mass is 10.1. The summed E-state index contributed by atoms with van der Waals surface area (Å²) in [4.78, 5) is 14.9. The van der Waals surface area contributed by atoms with E-state index in [1.807, 2.05) is 46.0 Å². The van der Waals surface area contributed by atoms with E-state index >= 15 is 0 Å². The van der Waals surface area contributed by atoms with Gasteiger partial charge in [0.25, 0.3) is 0 Å². The van der Waals surface area contributed by atoms with Gasteiger partial charge in [-0.05, 0) is 39.3 Å². The van der Waals surface area contributed by atoms with Crippen molar-refractivity contribution >= 4 is 17.0 Å². The van der Waals surface area contributed by atoms with Gasteiger partial charge in [-0.25, -0.2) is 4.79 Å². The lowest BCUT2D eigenvalue weighted by molar-refractivity contribution is 0.0523. The molecule has 1 amide bonds. The second kappa shape index (κ2) is 6.83. The van der Waals surface area contributed by atoms with Crippen LogP contribution in [0.25, 0.3) is 10.9 Å². The molecule has 0 spiro atoms. The largest absolute Gasteiger partial charge is 0.444 e. The SMILES string of the molecule is CC(CNC(=O)OC(C)(C)C)NCc1c[nH]c2ccccc12. The van der Waals surface area contributed by atoms with Gasteiger partial charge in [-0.3, -0.25) is 0 Å². The molecule has 1 unspecified atom stereocenters. The average molecular weight is 303 g/mol. The van der Waals surface area contributed by atoms with Crippen molar-refractivity contribution in [1.82, 2.24) is 15.6 Å². The predicted octanol–water partition coefficient (Wildman–Crippen LogP) is 3.17. The van der Waals surface area contributed by atoms with Gasteiger partial charge in [-0.2, -0.15) is 0 Å². The van der Waals surface area contributed by atoms with Crippen molar-refractivity contribution in [2.75, 3.05) is 6.54 Å². The Hall–Kier alpha value is -2.01. The molecule has 0 saturated carbocycles. The summed E-state index contributed by atoms with van der Waals surface area (Å²) in [5.41, 5.74) is 1.89. The van der Waals surface area contributed by atoms with Crippen molar-refractivity contribution in [3.63, 3.8) is 0 Å². The number of amides is 1. The van der Waals surface area contributed by atoms with Crippen LogP contribution in [-0.2, 0) is 11.3 Å². The van der Waals surface area contributed by atoms with Crippen molar-refractivity contribution in [3.05, 3.63) is 36.0 Å². The van der Waals surface area contributed by atoms with Gasteiger partial charge in [0.15, 0.2) is 0 Å². The van der Waals surface area contributed by atoms with Crippen LogP contribution >= 0.6 is 0 Å². The number of nitrogens with one attached hydrogen (secondary N) is 3. The van der Waals surface area contributed by atoms with Crippen LogP contribution in [-0.4, -0.2) is 29.3 Å². The van der Waals surface area contributed by atoms with Gasteiger partial charge in [0.05, 0.1) is 0 Å². The van der Waals surface area contributed by atoms with Crippen molar-refractivity contribution in [2.24, 2.45) is 0 Å². The number of carbonyl (C=O) groups excluding carboxylic acids is 1. The monoisotopic (exact) mass is 303 g/mol. The van der Waals surface area contributed by atoms with E-state index in [0.717, 1.165) is 12.1 Å². The molecule has 0 aliphatic carbocycles. The average Bonchev–Trinajstić information content (AvgIpc) is 2.84. The number of alkyl carbamates (subject to hydrolysis) is 1. The van der Waals surface area contributed by atoms with Crippen LogP contribution < -0.4 is 10.6 Å². The molecular weight excluding hydrogens is 278 g/mol. The van der Waals surface area contributed by atoms with Gasteiger partial charge in [-0.1, -0.05) is 18.2 Å². The molecule has 1 aromatic heterocycles. The highest BCUT2D eigenvalue weighted by Crippen LogP contribution is 2.17. The fraction of sp³-hybridized carbons (Fsp3) is 0.471. The highest BCUT2D eigenvalue weighted by molar-refractivity contribution is 5.82. The molecule has 5 nitrogen and oxygen atoms in total. The first-order chi connectivity index (χ1) is 10.3. The molecule has 2 rings (SSSR count). The van der Waals surface area contributed by atoms with E-state index < -0.39 is 5.60 Å². The maximum absolute atomic E-state index is 11.6. The second-order valence-electron chi connectivity index (χ2n) is 6.52. The van der Waals surface area contributed by atoms with Crippen LogP contribution in [0, 0.1) is 0 Å². The number of hydrogen-bond acceptors (Lipinski definition) is 3. The van der Waals surface area contributed by atoms with Crippen LogP contribution in [0.15, 0.2) is 30.5 Å². The van der Waals surface area contributed by atoms with Gasteiger partial charge in [0.1, 0.15) is 5.60 Å². The third-order valence-electron chi connectivity index (χ3n) is 3.27. The molecule has 0 aliphatic heterocycles. The van der Waals surface area contributed by atoms with Gasteiger partial charge in [0.2, 0.25) is 0 Å². The highest BCUT2D eigenvalue weighted by atomic mass is 16.6. The molecule has 0 aliphatic rings. The quantitative estimate of drug-likeness (QED) is 0.795. The number of aromatic nitrogens is 1. The molecule has 2 aromatic rings. The number of rotatable bonds is 5. The molecule has 0 radical (unpaired) electrons. The Morgan fingerprint density at radius 1 is 1.32 bits per heavy atom. The molecule has 0 bridgehead atoms. The first-order valence-corrected chi connectivity index (χ1v) is 7.60. The molecule has 1 atom stereocenters. The number of fused-ring (bicyclic) bond motifs is 1. The lowest BCUT2D eigenvalue weighted by Gasteiger charge is -2.21. The lowest BCUT2D eigenvalue weighted by Crippen LogP contribution is -2.40. The fourth-order valence-electron chi connectivity index (χ4n) is 2.18. The number of aromatic amines is 1. The molecule has 1 aromatic carbocycles. The maximum atomic E-state index is 11.6. The van der Waals surface area contributed by atoms with Gasteiger partial charge in [0, 0.05) is 36.2 Å². The summed E-state index contributed by atoms with van der Waals surface area (Å²) in [6.45, 7) is 8.87. The molecular formula is C17H25N3O2. The second-order valence-corrected chi connectivity index (χ2v) is 6.52. The Morgan fingerprint density at radius 3 is 2.77 bits per heavy atom. The van der Waals surface area contributed by atoms with Gasteiger partial charge in [-0.15, -0.1) is 0 Å². The van der Waals surface area contributed by atoms with E-state index in [2.05, 4.69) is 27.8 Å². The third-order valence-corrected chi connectivity index (χ3v) is 3.27. The number of H-pyrrole nitrogens is 1. The topological polar surface area (TPSA) is 66.2 Å². The summed E-state index contributed by atoms with van der Waals surface area (Å²) in [6, 6.07) is 8.37. The van der Waals surface area contributed by atoms with Crippen LogP contribution in [0.2, 0.25) is 0 Å². The summed E-state index contributed by atoms with van der Waals surface area (Å²) in [7, 11) is 0. The van der Waals surface area contributed by atoms with Crippen LogP contribution in [0.5, 0.6) is 0 Å². The molecule has 120 valence electrons. The summed E-state index contributed by atoms with van der Waals surface area (Å²) >= 11 is 0. The fourth-order valence-corrected chi connectivity index (χ4v) is 2.18. The Morgan fingerprint density at radius 2 is 2.05 bits per heavy atom. The number of carbonyl (C=O) groups is 1. The van der Waals surface area contributed by atoms with Crippen molar-refractivity contribution in [1.29, 1.82) is 0 Å². The van der Waals surface area contributed by atoms with E-state index in [1.165, 1.54) is 10.9 Å². The first-order valence-electron chi connectivity index (χ1n) is 7.60. The summed E-state index contributed by atoms with van der Waals surface area (Å²) in [5, 5.41) is 7.40. The zero-order valence-corrected chi connectivity index (χ0v) is 13.7. The molecule has 3 N–H and O–H groups in total. The standard InChI is InChI=1S/C17H25N3O2/c1-12(9-20-16(21)22-17(2,3)4)18-10-13-11-19-15-8-6-5-7-14(13)15/h5-8,11-12,18-19H,9-10H2,1-4H3,(H,20,21). The molecule has 5 heteroatoms. The van der Waals surface area contributed by atoms with E-state index in [0.29, 0.717) is 6.54 Å². The Labute approximate surface area is 131 Å². The zero-order chi connectivity index (χ0) is 16.2. The Kier molecular flexibility index (Phi) is 5.08. The van der Waals surface area contributed by atoms with E-state index in [4.69, 9.17) is 4.74 Å². The van der Waals surface area contributed by atoms with E-state index in [-0.39, 0.29) is 12.1 Å². The van der Waals surface area contributed by atoms with E-state index in [9.17, 15) is 4.79 Å². The van der Waals surface area contributed by atoms with Crippen molar-refractivity contribution < 1.29 is 9.53 Å².